The Labute approximate surface area is 123 Å². The maximum Gasteiger partial charge on any atom is 0.246 e. The molecular formula is C12H11BrClN3O2. The number of hydrogen-bond donors (Lipinski definition) is 1. The Kier molecular flexibility index (Phi) is 4.55. The molecule has 0 aliphatic heterocycles. The van der Waals surface area contributed by atoms with Crippen LogP contribution < -0.4 is 5.32 Å². The highest BCUT2D eigenvalue weighted by Gasteiger charge is 2.09. The molecule has 1 aromatic heterocycles. The minimum absolute atomic E-state index is 0.140. The van der Waals surface area contributed by atoms with E-state index in [4.69, 9.17) is 16.1 Å². The molecule has 0 aliphatic carbocycles. The van der Waals surface area contributed by atoms with Crippen molar-refractivity contribution in [2.75, 3.05) is 0 Å². The van der Waals surface area contributed by atoms with Crippen molar-refractivity contribution in [3.63, 3.8) is 0 Å². The van der Waals surface area contributed by atoms with E-state index in [0.717, 1.165) is 10.0 Å². The Hall–Kier alpha value is -1.40. The Balaban J connectivity index is 1.92. The van der Waals surface area contributed by atoms with Crippen LogP contribution in [0.1, 0.15) is 17.3 Å². The summed E-state index contributed by atoms with van der Waals surface area (Å²) in [4.78, 5) is 15.8. The fourth-order valence-corrected chi connectivity index (χ4v) is 2.08. The van der Waals surface area contributed by atoms with Gasteiger partial charge in [-0.25, -0.2) is 0 Å². The first-order chi connectivity index (χ1) is 9.04. The third-order valence-electron chi connectivity index (χ3n) is 2.37. The summed E-state index contributed by atoms with van der Waals surface area (Å²) in [5.41, 5.74) is 0.826. The lowest BCUT2D eigenvalue weighted by atomic mass is 10.1. The molecule has 0 fully saturated rings. The van der Waals surface area contributed by atoms with Gasteiger partial charge in [0, 0.05) is 9.50 Å². The number of nitrogens with zero attached hydrogens (tertiary/aromatic N) is 2. The molecule has 100 valence electrons. The second-order valence-electron chi connectivity index (χ2n) is 3.92. The van der Waals surface area contributed by atoms with E-state index < -0.39 is 0 Å². The van der Waals surface area contributed by atoms with E-state index >= 15 is 0 Å². The lowest BCUT2D eigenvalue weighted by Crippen LogP contribution is -2.24. The molecule has 0 unspecified atom stereocenters. The van der Waals surface area contributed by atoms with Gasteiger partial charge in [0.2, 0.25) is 11.8 Å². The Morgan fingerprint density at radius 3 is 3.00 bits per heavy atom. The van der Waals surface area contributed by atoms with Crippen molar-refractivity contribution < 1.29 is 9.32 Å². The van der Waals surface area contributed by atoms with Crippen LogP contribution in [0.15, 0.2) is 27.2 Å². The van der Waals surface area contributed by atoms with Crippen molar-refractivity contribution in [3.05, 3.63) is 45.0 Å². The molecule has 0 atom stereocenters. The number of rotatable bonds is 4. The van der Waals surface area contributed by atoms with Crippen LogP contribution in [0.25, 0.3) is 0 Å². The van der Waals surface area contributed by atoms with Gasteiger partial charge < -0.3 is 9.84 Å². The molecule has 2 aromatic rings. The van der Waals surface area contributed by atoms with Gasteiger partial charge in [0.25, 0.3) is 0 Å². The highest BCUT2D eigenvalue weighted by Crippen LogP contribution is 2.21. The van der Waals surface area contributed by atoms with Crippen LogP contribution in [0.4, 0.5) is 0 Å². The maximum atomic E-state index is 11.8. The van der Waals surface area contributed by atoms with Crippen molar-refractivity contribution in [2.45, 2.75) is 19.9 Å². The molecule has 5 nitrogen and oxygen atoms in total. The molecule has 1 aromatic carbocycles. The number of benzene rings is 1. The summed E-state index contributed by atoms with van der Waals surface area (Å²) in [6.07, 6.45) is 0.230. The second-order valence-corrected chi connectivity index (χ2v) is 5.22. The molecule has 0 spiro atoms. The van der Waals surface area contributed by atoms with Gasteiger partial charge in [-0.05, 0) is 30.7 Å². The molecule has 0 radical (unpaired) electrons. The monoisotopic (exact) mass is 343 g/mol. The summed E-state index contributed by atoms with van der Waals surface area (Å²) in [6, 6.07) is 5.32. The summed E-state index contributed by atoms with van der Waals surface area (Å²) in [5.74, 6) is 0.789. The molecule has 1 N–H and O–H groups in total. The summed E-state index contributed by atoms with van der Waals surface area (Å²) in [7, 11) is 0. The molecule has 1 amide bonds. The average molecular weight is 345 g/mol. The normalized spacial score (nSPS) is 10.5. The van der Waals surface area contributed by atoms with Crippen LogP contribution in [0, 0.1) is 6.92 Å². The average Bonchev–Trinajstić information content (AvgIpc) is 2.77. The maximum absolute atomic E-state index is 11.8. The predicted octanol–water partition coefficient (Wildman–Crippen LogP) is 2.65. The van der Waals surface area contributed by atoms with Crippen molar-refractivity contribution in [3.8, 4) is 0 Å². The summed E-state index contributed by atoms with van der Waals surface area (Å²) < 4.78 is 5.75. The van der Waals surface area contributed by atoms with Gasteiger partial charge in [0.15, 0.2) is 5.82 Å². The van der Waals surface area contributed by atoms with Gasteiger partial charge in [-0.2, -0.15) is 4.98 Å². The first-order valence-electron chi connectivity index (χ1n) is 5.54. The third kappa shape index (κ3) is 4.04. The van der Waals surface area contributed by atoms with Crippen molar-refractivity contribution in [1.82, 2.24) is 15.5 Å². The molecular weight excluding hydrogens is 334 g/mol. The van der Waals surface area contributed by atoms with E-state index in [1.54, 1.807) is 19.1 Å². The molecule has 19 heavy (non-hydrogen) atoms. The first-order valence-corrected chi connectivity index (χ1v) is 6.71. The minimum Gasteiger partial charge on any atom is -0.347 e. The first kappa shape index (κ1) is 14.0. The zero-order chi connectivity index (χ0) is 13.8. The molecule has 0 bridgehead atoms. The molecule has 7 heteroatoms. The molecule has 1 heterocycles. The van der Waals surface area contributed by atoms with Crippen LogP contribution in [0.2, 0.25) is 5.02 Å². The van der Waals surface area contributed by atoms with E-state index in [2.05, 4.69) is 31.4 Å². The van der Waals surface area contributed by atoms with Crippen LogP contribution in [-0.2, 0) is 17.8 Å². The van der Waals surface area contributed by atoms with E-state index in [1.807, 2.05) is 6.07 Å². The smallest absolute Gasteiger partial charge is 0.246 e. The number of carbonyl (C=O) groups excluding carboxylic acids is 1. The second kappa shape index (κ2) is 6.16. The highest BCUT2D eigenvalue weighted by molar-refractivity contribution is 9.10. The van der Waals surface area contributed by atoms with Crippen molar-refractivity contribution >= 4 is 33.4 Å². The summed E-state index contributed by atoms with van der Waals surface area (Å²) in [6.45, 7) is 1.94. The van der Waals surface area contributed by atoms with Crippen molar-refractivity contribution in [2.24, 2.45) is 0 Å². The lowest BCUT2D eigenvalue weighted by Gasteiger charge is -2.05. The number of aryl methyl sites for hydroxylation is 1. The number of amides is 1. The SMILES string of the molecule is Cc1noc(CNC(=O)Cc2cc(Cl)ccc2Br)n1. The summed E-state index contributed by atoms with van der Waals surface area (Å²) in [5, 5.41) is 6.95. The van der Waals surface area contributed by atoms with Crippen LogP contribution >= 0.6 is 27.5 Å². The van der Waals surface area contributed by atoms with E-state index in [1.165, 1.54) is 0 Å². The van der Waals surface area contributed by atoms with Gasteiger partial charge >= 0.3 is 0 Å². The van der Waals surface area contributed by atoms with Crippen LogP contribution in [0.3, 0.4) is 0 Å². The molecule has 0 aliphatic rings. The molecule has 0 saturated heterocycles. The van der Waals surface area contributed by atoms with Crippen LogP contribution in [-0.4, -0.2) is 16.0 Å². The topological polar surface area (TPSA) is 68.0 Å². The minimum atomic E-state index is -0.140. The lowest BCUT2D eigenvalue weighted by molar-refractivity contribution is -0.120. The summed E-state index contributed by atoms with van der Waals surface area (Å²) >= 11 is 9.27. The van der Waals surface area contributed by atoms with E-state index in [0.29, 0.717) is 16.7 Å². The number of aromatic nitrogens is 2. The Morgan fingerprint density at radius 1 is 1.53 bits per heavy atom. The van der Waals surface area contributed by atoms with Gasteiger partial charge in [-0.3, -0.25) is 4.79 Å². The van der Waals surface area contributed by atoms with Crippen LogP contribution in [0.5, 0.6) is 0 Å². The van der Waals surface area contributed by atoms with E-state index in [9.17, 15) is 4.79 Å². The van der Waals surface area contributed by atoms with Gasteiger partial charge in [-0.1, -0.05) is 32.7 Å². The molecule has 0 saturated carbocycles. The van der Waals surface area contributed by atoms with Gasteiger partial charge in [-0.15, -0.1) is 0 Å². The van der Waals surface area contributed by atoms with E-state index in [-0.39, 0.29) is 18.9 Å². The Morgan fingerprint density at radius 2 is 2.32 bits per heavy atom. The van der Waals surface area contributed by atoms with Crippen molar-refractivity contribution in [1.29, 1.82) is 0 Å². The quantitative estimate of drug-likeness (QED) is 0.926. The van der Waals surface area contributed by atoms with Gasteiger partial charge in [0.1, 0.15) is 0 Å². The zero-order valence-corrected chi connectivity index (χ0v) is 12.5. The number of carbonyl (C=O) groups is 1. The fraction of sp³-hybridized carbons (Fsp3) is 0.250. The predicted molar refractivity (Wildman–Crippen MR) is 73.7 cm³/mol. The third-order valence-corrected chi connectivity index (χ3v) is 3.37. The standard InChI is InChI=1S/C12H11BrClN3O2/c1-7-16-12(19-17-7)6-15-11(18)5-8-4-9(14)2-3-10(8)13/h2-4H,5-6H2,1H3,(H,15,18). The highest BCUT2D eigenvalue weighted by atomic mass is 79.9. The Bertz CT molecular complexity index is 600. The molecule has 2 rings (SSSR count). The fourth-order valence-electron chi connectivity index (χ4n) is 1.50. The van der Waals surface area contributed by atoms with Gasteiger partial charge in [0.05, 0.1) is 13.0 Å². The zero-order valence-electron chi connectivity index (χ0n) is 10.1. The number of hydrogen-bond acceptors (Lipinski definition) is 4. The number of halogens is 2. The number of nitrogens with one attached hydrogen (secondary N) is 1. The largest absolute Gasteiger partial charge is 0.347 e.